The third kappa shape index (κ3) is 4.28. The molecule has 0 unspecified atom stereocenters. The molecular weight excluding hydrogens is 253 g/mol. The van der Waals surface area contributed by atoms with Gasteiger partial charge >= 0.3 is 0 Å². The molecule has 0 aliphatic carbocycles. The number of Topliss-reactive ketones (excluding diaryl/α,β-unsaturated/α-hetero) is 1. The van der Waals surface area contributed by atoms with Gasteiger partial charge in [0.2, 0.25) is 0 Å². The lowest BCUT2D eigenvalue weighted by Crippen LogP contribution is -2.25. The maximum absolute atomic E-state index is 12.7. The Labute approximate surface area is 118 Å². The third-order valence-corrected chi connectivity index (χ3v) is 3.16. The lowest BCUT2D eigenvalue weighted by atomic mass is 10.1. The molecule has 2 aromatic carbocycles. The van der Waals surface area contributed by atoms with Crippen LogP contribution >= 0.6 is 0 Å². The van der Waals surface area contributed by atoms with Crippen molar-refractivity contribution in [3.8, 4) is 0 Å². The van der Waals surface area contributed by atoms with Gasteiger partial charge in [0, 0.05) is 5.56 Å². The van der Waals surface area contributed by atoms with Crippen molar-refractivity contribution in [1.82, 2.24) is 5.32 Å². The number of hydrogen-bond donors (Lipinski definition) is 1. The van der Waals surface area contributed by atoms with Gasteiger partial charge in [-0.2, -0.15) is 0 Å². The molecule has 20 heavy (non-hydrogen) atoms. The third-order valence-electron chi connectivity index (χ3n) is 3.16. The van der Waals surface area contributed by atoms with Crippen LogP contribution in [0, 0.1) is 12.7 Å². The number of carbonyl (C=O) groups excluding carboxylic acids is 1. The van der Waals surface area contributed by atoms with E-state index in [1.807, 2.05) is 31.2 Å². The summed E-state index contributed by atoms with van der Waals surface area (Å²) in [6.45, 7) is 3.02. The van der Waals surface area contributed by atoms with Gasteiger partial charge in [0.05, 0.1) is 6.54 Å². The van der Waals surface area contributed by atoms with Crippen LogP contribution in [0.5, 0.6) is 0 Å². The van der Waals surface area contributed by atoms with E-state index in [2.05, 4.69) is 5.32 Å². The Bertz CT molecular complexity index is 561. The first-order chi connectivity index (χ1) is 9.65. The summed E-state index contributed by atoms with van der Waals surface area (Å²) in [5.41, 5.74) is 2.93. The molecule has 104 valence electrons. The van der Waals surface area contributed by atoms with Gasteiger partial charge < -0.3 is 5.32 Å². The van der Waals surface area contributed by atoms with Crippen molar-refractivity contribution in [3.63, 3.8) is 0 Å². The summed E-state index contributed by atoms with van der Waals surface area (Å²) in [6.07, 6.45) is 0.779. The SMILES string of the molecule is Cc1ccc(C(=O)CNCCc2ccc(F)cc2)cc1. The number of carbonyl (C=O) groups is 1. The van der Waals surface area contributed by atoms with Crippen molar-refractivity contribution in [2.45, 2.75) is 13.3 Å². The van der Waals surface area contributed by atoms with Gasteiger partial charge in [-0.3, -0.25) is 4.79 Å². The topological polar surface area (TPSA) is 29.1 Å². The fourth-order valence-corrected chi connectivity index (χ4v) is 1.93. The van der Waals surface area contributed by atoms with Gasteiger partial charge in [-0.25, -0.2) is 4.39 Å². The van der Waals surface area contributed by atoms with E-state index in [9.17, 15) is 9.18 Å². The number of halogens is 1. The minimum atomic E-state index is -0.226. The quantitative estimate of drug-likeness (QED) is 0.646. The van der Waals surface area contributed by atoms with Crippen LogP contribution < -0.4 is 5.32 Å². The first-order valence-corrected chi connectivity index (χ1v) is 6.70. The number of benzene rings is 2. The molecule has 0 amide bonds. The average molecular weight is 271 g/mol. The van der Waals surface area contributed by atoms with Crippen molar-refractivity contribution < 1.29 is 9.18 Å². The molecule has 0 bridgehead atoms. The van der Waals surface area contributed by atoms with E-state index in [-0.39, 0.29) is 11.6 Å². The second-order valence-electron chi connectivity index (χ2n) is 4.84. The van der Waals surface area contributed by atoms with Crippen LogP contribution in [0.4, 0.5) is 4.39 Å². The zero-order valence-corrected chi connectivity index (χ0v) is 11.5. The summed E-state index contributed by atoms with van der Waals surface area (Å²) in [5, 5.41) is 3.12. The lowest BCUT2D eigenvalue weighted by Gasteiger charge is -2.05. The molecule has 0 atom stereocenters. The minimum Gasteiger partial charge on any atom is -0.309 e. The fraction of sp³-hybridized carbons (Fsp3) is 0.235. The van der Waals surface area contributed by atoms with Gasteiger partial charge in [-0.15, -0.1) is 0 Å². The van der Waals surface area contributed by atoms with Crippen molar-refractivity contribution in [2.24, 2.45) is 0 Å². The van der Waals surface area contributed by atoms with E-state index in [0.717, 1.165) is 23.1 Å². The zero-order chi connectivity index (χ0) is 14.4. The Morgan fingerprint density at radius 1 is 1.05 bits per heavy atom. The molecule has 0 aromatic heterocycles. The summed E-state index contributed by atoms with van der Waals surface area (Å²) in [6, 6.07) is 14.0. The van der Waals surface area contributed by atoms with Crippen LogP contribution in [0.2, 0.25) is 0 Å². The largest absolute Gasteiger partial charge is 0.309 e. The van der Waals surface area contributed by atoms with Crippen LogP contribution in [-0.2, 0) is 6.42 Å². The van der Waals surface area contributed by atoms with Crippen molar-refractivity contribution in [1.29, 1.82) is 0 Å². The predicted molar refractivity (Wildman–Crippen MR) is 78.5 cm³/mol. The van der Waals surface area contributed by atoms with Crippen LogP contribution in [0.25, 0.3) is 0 Å². The molecule has 0 fully saturated rings. The van der Waals surface area contributed by atoms with Crippen LogP contribution in [-0.4, -0.2) is 18.9 Å². The summed E-state index contributed by atoms with van der Waals surface area (Å²) in [4.78, 5) is 11.9. The number of aryl methyl sites for hydroxylation is 1. The summed E-state index contributed by atoms with van der Waals surface area (Å²) in [7, 11) is 0. The van der Waals surface area contributed by atoms with Crippen LogP contribution in [0.1, 0.15) is 21.5 Å². The Kier molecular flexibility index (Phi) is 5.02. The molecule has 0 aliphatic rings. The Balaban J connectivity index is 1.74. The highest BCUT2D eigenvalue weighted by atomic mass is 19.1. The van der Waals surface area contributed by atoms with E-state index in [0.29, 0.717) is 13.1 Å². The molecule has 2 rings (SSSR count). The zero-order valence-electron chi connectivity index (χ0n) is 11.5. The highest BCUT2D eigenvalue weighted by Gasteiger charge is 2.04. The standard InChI is InChI=1S/C17H18FNO/c1-13-2-6-15(7-3-13)17(20)12-19-11-10-14-4-8-16(18)9-5-14/h2-9,19H,10-12H2,1H3. The van der Waals surface area contributed by atoms with E-state index >= 15 is 0 Å². The van der Waals surface area contributed by atoms with Gasteiger partial charge in [-0.1, -0.05) is 42.0 Å². The first-order valence-electron chi connectivity index (χ1n) is 6.70. The second-order valence-corrected chi connectivity index (χ2v) is 4.84. The summed E-state index contributed by atoms with van der Waals surface area (Å²) < 4.78 is 12.7. The van der Waals surface area contributed by atoms with Gasteiger partial charge in [0.1, 0.15) is 5.82 Å². The monoisotopic (exact) mass is 271 g/mol. The van der Waals surface area contributed by atoms with Gasteiger partial charge in [-0.05, 0) is 37.6 Å². The Morgan fingerprint density at radius 3 is 2.35 bits per heavy atom. The molecular formula is C17H18FNO. The van der Waals surface area contributed by atoms with E-state index in [1.165, 1.54) is 12.1 Å². The molecule has 0 heterocycles. The van der Waals surface area contributed by atoms with Crippen molar-refractivity contribution in [3.05, 3.63) is 71.0 Å². The fourth-order valence-electron chi connectivity index (χ4n) is 1.93. The number of hydrogen-bond acceptors (Lipinski definition) is 2. The van der Waals surface area contributed by atoms with Crippen molar-refractivity contribution in [2.75, 3.05) is 13.1 Å². The lowest BCUT2D eigenvalue weighted by molar-refractivity contribution is 0.0991. The normalized spacial score (nSPS) is 10.5. The van der Waals surface area contributed by atoms with Crippen molar-refractivity contribution >= 4 is 5.78 Å². The molecule has 2 aromatic rings. The van der Waals surface area contributed by atoms with E-state index in [1.54, 1.807) is 12.1 Å². The molecule has 0 saturated heterocycles. The number of nitrogens with one attached hydrogen (secondary N) is 1. The molecule has 0 saturated carbocycles. The molecule has 0 spiro atoms. The minimum absolute atomic E-state index is 0.0871. The molecule has 0 aliphatic heterocycles. The average Bonchev–Trinajstić information content (AvgIpc) is 2.46. The second kappa shape index (κ2) is 6.96. The van der Waals surface area contributed by atoms with Crippen LogP contribution in [0.15, 0.2) is 48.5 Å². The summed E-state index contributed by atoms with van der Waals surface area (Å²) in [5.74, 6) is -0.139. The molecule has 0 radical (unpaired) electrons. The van der Waals surface area contributed by atoms with E-state index < -0.39 is 0 Å². The predicted octanol–water partition coefficient (Wildman–Crippen LogP) is 3.15. The van der Waals surface area contributed by atoms with Crippen LogP contribution in [0.3, 0.4) is 0 Å². The highest BCUT2D eigenvalue weighted by Crippen LogP contribution is 2.04. The molecule has 1 N–H and O–H groups in total. The maximum Gasteiger partial charge on any atom is 0.176 e. The van der Waals surface area contributed by atoms with E-state index in [4.69, 9.17) is 0 Å². The molecule has 3 heteroatoms. The number of ketones is 1. The Morgan fingerprint density at radius 2 is 1.70 bits per heavy atom. The maximum atomic E-state index is 12.7. The number of rotatable bonds is 6. The molecule has 2 nitrogen and oxygen atoms in total. The van der Waals surface area contributed by atoms with Gasteiger partial charge in [0.25, 0.3) is 0 Å². The highest BCUT2D eigenvalue weighted by molar-refractivity contribution is 5.97. The Hall–Kier alpha value is -2.00. The smallest absolute Gasteiger partial charge is 0.176 e. The summed E-state index contributed by atoms with van der Waals surface area (Å²) >= 11 is 0. The van der Waals surface area contributed by atoms with Gasteiger partial charge in [0.15, 0.2) is 5.78 Å². The first kappa shape index (κ1) is 14.4.